The fourth-order valence-electron chi connectivity index (χ4n) is 4.21. The first-order chi connectivity index (χ1) is 17.8. The summed E-state index contributed by atoms with van der Waals surface area (Å²) < 4.78 is 18.6. The molecule has 2 heterocycles. The number of nitrogens with zero attached hydrogens (tertiary/aromatic N) is 5. The number of aliphatic hydroxyl groups is 1. The minimum atomic E-state index is -0.405. The summed E-state index contributed by atoms with van der Waals surface area (Å²) in [6.45, 7) is 5.14. The third-order valence-electron chi connectivity index (χ3n) is 6.59. The lowest BCUT2D eigenvalue weighted by Gasteiger charge is -2.35. The number of anilines is 1. The molecule has 0 radical (unpaired) electrons. The highest BCUT2D eigenvalue weighted by molar-refractivity contribution is 5.91. The van der Waals surface area contributed by atoms with Gasteiger partial charge >= 0.3 is 6.03 Å². The van der Waals surface area contributed by atoms with Crippen LogP contribution in [0.1, 0.15) is 32.4 Å². The van der Waals surface area contributed by atoms with Crippen molar-refractivity contribution in [3.8, 4) is 11.5 Å². The molecule has 1 aromatic carbocycles. The third-order valence-corrected chi connectivity index (χ3v) is 6.59. The highest BCUT2D eigenvalue weighted by Gasteiger charge is 2.29. The summed E-state index contributed by atoms with van der Waals surface area (Å²) in [5, 5.41) is 20.7. The monoisotopic (exact) mass is 518 g/mol. The van der Waals surface area contributed by atoms with Crippen molar-refractivity contribution in [1.82, 2.24) is 24.8 Å². The smallest absolute Gasteiger partial charge is 0.321 e. The van der Waals surface area contributed by atoms with Gasteiger partial charge in [-0.15, -0.1) is 5.10 Å². The normalized spacial score (nSPS) is 19.7. The van der Waals surface area contributed by atoms with Crippen LogP contribution in [0.5, 0.6) is 11.5 Å². The fourth-order valence-corrected chi connectivity index (χ4v) is 4.21. The maximum Gasteiger partial charge on any atom is 0.321 e. The van der Waals surface area contributed by atoms with Crippen LogP contribution in [0.4, 0.5) is 10.5 Å². The number of benzene rings is 1. The van der Waals surface area contributed by atoms with Crippen LogP contribution in [0, 0.1) is 5.92 Å². The lowest BCUT2D eigenvalue weighted by atomic mass is 10.0. The molecule has 204 valence electrons. The topological polar surface area (TPSA) is 131 Å². The molecule has 0 fully saturated rings. The zero-order valence-corrected chi connectivity index (χ0v) is 22.2. The second-order valence-corrected chi connectivity index (χ2v) is 9.33. The van der Waals surface area contributed by atoms with Gasteiger partial charge in [-0.05, 0) is 25.5 Å². The van der Waals surface area contributed by atoms with Crippen molar-refractivity contribution in [3.63, 3.8) is 0 Å². The van der Waals surface area contributed by atoms with Crippen LogP contribution in [0.15, 0.2) is 24.4 Å². The van der Waals surface area contributed by atoms with Crippen molar-refractivity contribution >= 4 is 17.6 Å². The van der Waals surface area contributed by atoms with Crippen LogP contribution in [-0.4, -0.2) is 94.9 Å². The van der Waals surface area contributed by atoms with Crippen molar-refractivity contribution in [2.75, 3.05) is 46.3 Å². The number of urea groups is 1. The Labute approximate surface area is 217 Å². The molecular weight excluding hydrogens is 480 g/mol. The zero-order chi connectivity index (χ0) is 26.9. The van der Waals surface area contributed by atoms with E-state index in [1.54, 1.807) is 48.1 Å². The van der Waals surface area contributed by atoms with Crippen LogP contribution in [0.3, 0.4) is 0 Å². The van der Waals surface area contributed by atoms with Crippen LogP contribution >= 0.6 is 0 Å². The minimum absolute atomic E-state index is 0.0351. The lowest BCUT2D eigenvalue weighted by molar-refractivity contribution is -0.136. The molecule has 3 atom stereocenters. The molecule has 12 nitrogen and oxygen atoms in total. The standard InChI is InChI=1S/C25H38N6O6/c1-17-13-30(18(2)15-32)24(33)7-6-10-31-19(12-26-28-31)16-37-23(17)14-29(3)25(34)27-21-9-8-20(35-4)11-22(21)36-5/h8-9,11-12,17-18,23,32H,6-7,10,13-16H2,1-5H3,(H,27,34)/t17-,18-,23+/m0/s1. The summed E-state index contributed by atoms with van der Waals surface area (Å²) in [4.78, 5) is 29.3. The van der Waals surface area contributed by atoms with Crippen LogP contribution in [0.2, 0.25) is 0 Å². The van der Waals surface area contributed by atoms with Gasteiger partial charge in [0.05, 0.1) is 57.2 Å². The summed E-state index contributed by atoms with van der Waals surface area (Å²) >= 11 is 0. The van der Waals surface area contributed by atoms with Gasteiger partial charge in [-0.1, -0.05) is 12.1 Å². The molecule has 2 aromatic rings. The van der Waals surface area contributed by atoms with Crippen molar-refractivity contribution in [1.29, 1.82) is 0 Å². The molecule has 3 amide bonds. The van der Waals surface area contributed by atoms with E-state index < -0.39 is 6.10 Å². The second kappa shape index (κ2) is 13.2. The highest BCUT2D eigenvalue weighted by atomic mass is 16.5. The number of amides is 3. The Morgan fingerprint density at radius 3 is 2.84 bits per heavy atom. The van der Waals surface area contributed by atoms with Gasteiger partial charge in [-0.2, -0.15) is 0 Å². The van der Waals surface area contributed by atoms with Gasteiger partial charge in [0.15, 0.2) is 0 Å². The predicted molar refractivity (Wildman–Crippen MR) is 136 cm³/mol. The highest BCUT2D eigenvalue weighted by Crippen LogP contribution is 2.29. The molecular formula is C25H38N6O6. The molecule has 0 aliphatic carbocycles. The van der Waals surface area contributed by atoms with Crippen LogP contribution in [-0.2, 0) is 22.7 Å². The number of ether oxygens (including phenoxy) is 3. The Bertz CT molecular complexity index is 1050. The van der Waals surface area contributed by atoms with Gasteiger partial charge in [0.1, 0.15) is 11.5 Å². The SMILES string of the molecule is COc1ccc(NC(=O)N(C)C[C@H]2OCc3cnnn3CCCC(=O)N([C@@H](C)CO)C[C@@H]2C)c(OC)c1. The lowest BCUT2D eigenvalue weighted by Crippen LogP contribution is -2.48. The summed E-state index contributed by atoms with van der Waals surface area (Å²) in [5.41, 5.74) is 1.32. The Morgan fingerprint density at radius 2 is 2.14 bits per heavy atom. The van der Waals surface area contributed by atoms with Gasteiger partial charge in [0.25, 0.3) is 0 Å². The number of nitrogens with one attached hydrogen (secondary N) is 1. The summed E-state index contributed by atoms with van der Waals surface area (Å²) in [6.07, 6.45) is 2.20. The average molecular weight is 519 g/mol. The first-order valence-electron chi connectivity index (χ1n) is 12.4. The van der Waals surface area contributed by atoms with E-state index >= 15 is 0 Å². The third kappa shape index (κ3) is 7.32. The molecule has 1 aliphatic heterocycles. The van der Waals surface area contributed by atoms with Crippen molar-refractivity contribution in [3.05, 3.63) is 30.1 Å². The predicted octanol–water partition coefficient (Wildman–Crippen LogP) is 1.98. The Kier molecular flexibility index (Phi) is 10.1. The molecule has 0 saturated carbocycles. The minimum Gasteiger partial charge on any atom is -0.497 e. The van der Waals surface area contributed by atoms with Gasteiger partial charge in [-0.3, -0.25) is 4.79 Å². The maximum absolute atomic E-state index is 13.1. The van der Waals surface area contributed by atoms with E-state index in [0.29, 0.717) is 43.1 Å². The number of likely N-dealkylation sites (N-methyl/N-ethyl adjacent to an activating group) is 1. The van der Waals surface area contributed by atoms with E-state index in [0.717, 1.165) is 5.69 Å². The van der Waals surface area contributed by atoms with E-state index in [9.17, 15) is 14.7 Å². The largest absolute Gasteiger partial charge is 0.497 e. The number of aryl methyl sites for hydroxylation is 1. The van der Waals surface area contributed by atoms with Gasteiger partial charge in [-0.25, -0.2) is 9.48 Å². The number of aromatic nitrogens is 3. The van der Waals surface area contributed by atoms with Gasteiger partial charge in [0.2, 0.25) is 5.91 Å². The number of fused-ring (bicyclic) bond motifs is 1. The number of carbonyl (C=O) groups is 2. The fraction of sp³-hybridized carbons (Fsp3) is 0.600. The average Bonchev–Trinajstić information content (AvgIpc) is 3.35. The number of carbonyl (C=O) groups excluding carboxylic acids is 2. The van der Waals surface area contributed by atoms with E-state index in [1.165, 1.54) is 12.0 Å². The molecule has 3 rings (SSSR count). The molecule has 37 heavy (non-hydrogen) atoms. The number of hydrogen-bond donors (Lipinski definition) is 2. The molecule has 1 aromatic heterocycles. The quantitative estimate of drug-likeness (QED) is 0.569. The molecule has 0 saturated heterocycles. The van der Waals surface area contributed by atoms with E-state index in [2.05, 4.69) is 15.6 Å². The van der Waals surface area contributed by atoms with Gasteiger partial charge in [0, 0.05) is 45.1 Å². The number of methoxy groups -OCH3 is 2. The van der Waals surface area contributed by atoms with E-state index in [4.69, 9.17) is 14.2 Å². The van der Waals surface area contributed by atoms with E-state index in [1.807, 2.05) is 13.8 Å². The molecule has 0 bridgehead atoms. The first kappa shape index (κ1) is 28.2. The number of aliphatic hydroxyl groups excluding tert-OH is 1. The van der Waals surface area contributed by atoms with Gasteiger partial charge < -0.3 is 34.4 Å². The summed E-state index contributed by atoms with van der Waals surface area (Å²) in [7, 11) is 4.76. The molecule has 0 unspecified atom stereocenters. The Balaban J connectivity index is 1.78. The number of rotatable bonds is 7. The molecule has 1 aliphatic rings. The van der Waals surface area contributed by atoms with Crippen LogP contribution < -0.4 is 14.8 Å². The Hall–Kier alpha value is -3.38. The number of hydrogen-bond acceptors (Lipinski definition) is 8. The molecule has 2 N–H and O–H groups in total. The zero-order valence-electron chi connectivity index (χ0n) is 22.2. The molecule has 12 heteroatoms. The van der Waals surface area contributed by atoms with Crippen molar-refractivity contribution in [2.45, 2.75) is 52.0 Å². The maximum atomic E-state index is 13.1. The van der Waals surface area contributed by atoms with Crippen LogP contribution in [0.25, 0.3) is 0 Å². The Morgan fingerprint density at radius 1 is 1.35 bits per heavy atom. The van der Waals surface area contributed by atoms with E-state index in [-0.39, 0.29) is 43.7 Å². The van der Waals surface area contributed by atoms with Crippen molar-refractivity contribution in [2.24, 2.45) is 5.92 Å². The first-order valence-corrected chi connectivity index (χ1v) is 12.4. The molecule has 0 spiro atoms. The second-order valence-electron chi connectivity index (χ2n) is 9.33. The summed E-state index contributed by atoms with van der Waals surface area (Å²) in [6, 6.07) is 4.48. The van der Waals surface area contributed by atoms with Crippen molar-refractivity contribution < 1.29 is 28.9 Å². The summed E-state index contributed by atoms with van der Waals surface area (Å²) in [5.74, 6) is 0.924.